The first-order valence-electron chi connectivity index (χ1n) is 10.3. The molecule has 0 unspecified atom stereocenters. The van der Waals surface area contributed by atoms with Gasteiger partial charge >= 0.3 is 6.18 Å². The molecule has 3 aromatic rings. The van der Waals surface area contributed by atoms with Crippen molar-refractivity contribution in [2.75, 3.05) is 39.4 Å². The van der Waals surface area contributed by atoms with Crippen LogP contribution in [-0.2, 0) is 10.9 Å². The van der Waals surface area contributed by atoms with Crippen LogP contribution in [0.5, 0.6) is 0 Å². The highest BCUT2D eigenvalue weighted by Gasteiger charge is 2.30. The van der Waals surface area contributed by atoms with Gasteiger partial charge in [0, 0.05) is 35.2 Å². The summed E-state index contributed by atoms with van der Waals surface area (Å²) < 4.78 is 44.8. The SMILES string of the molecule is O=C(NCCCN1CCOCC1)c1ccc(-c2nc3ccc(C(F)(F)F)cc3[nH]2)c(Br)c1. The third-order valence-electron chi connectivity index (χ3n) is 5.34. The molecule has 1 aliphatic rings. The van der Waals surface area contributed by atoms with Crippen molar-refractivity contribution in [2.45, 2.75) is 12.6 Å². The van der Waals surface area contributed by atoms with Crippen LogP contribution in [0.4, 0.5) is 13.2 Å². The van der Waals surface area contributed by atoms with Gasteiger partial charge in [-0.15, -0.1) is 0 Å². The fourth-order valence-corrected chi connectivity index (χ4v) is 4.16. The number of aromatic amines is 1. The number of imidazole rings is 1. The Kier molecular flexibility index (Phi) is 6.82. The number of halogens is 4. The van der Waals surface area contributed by atoms with E-state index in [2.05, 4.69) is 36.1 Å². The number of fused-ring (bicyclic) bond motifs is 1. The van der Waals surface area contributed by atoms with E-state index in [4.69, 9.17) is 4.74 Å². The minimum atomic E-state index is -4.42. The van der Waals surface area contributed by atoms with Crippen molar-refractivity contribution in [1.29, 1.82) is 0 Å². The maximum Gasteiger partial charge on any atom is 0.416 e. The lowest BCUT2D eigenvalue weighted by Gasteiger charge is -2.26. The van der Waals surface area contributed by atoms with Gasteiger partial charge < -0.3 is 15.0 Å². The average molecular weight is 511 g/mol. The Bertz CT molecular complexity index is 1110. The van der Waals surface area contributed by atoms with E-state index in [0.717, 1.165) is 51.4 Å². The Morgan fingerprint density at radius 2 is 1.97 bits per heavy atom. The van der Waals surface area contributed by atoms with Crippen LogP contribution < -0.4 is 5.32 Å². The highest BCUT2D eigenvalue weighted by atomic mass is 79.9. The van der Waals surface area contributed by atoms with Crippen LogP contribution in [0.25, 0.3) is 22.4 Å². The number of H-pyrrole nitrogens is 1. The van der Waals surface area contributed by atoms with Gasteiger partial charge in [0.25, 0.3) is 5.91 Å². The van der Waals surface area contributed by atoms with Gasteiger partial charge in [-0.2, -0.15) is 13.2 Å². The van der Waals surface area contributed by atoms with Crippen LogP contribution in [0.15, 0.2) is 40.9 Å². The Balaban J connectivity index is 1.40. The number of benzene rings is 2. The largest absolute Gasteiger partial charge is 0.416 e. The summed E-state index contributed by atoms with van der Waals surface area (Å²) in [6, 6.07) is 8.46. The summed E-state index contributed by atoms with van der Waals surface area (Å²) in [6.07, 6.45) is -3.57. The number of aromatic nitrogens is 2. The highest BCUT2D eigenvalue weighted by Crippen LogP contribution is 2.33. The molecular formula is C22H22BrF3N4O2. The van der Waals surface area contributed by atoms with E-state index in [-0.39, 0.29) is 5.91 Å². The fourth-order valence-electron chi connectivity index (χ4n) is 3.59. The summed E-state index contributed by atoms with van der Waals surface area (Å²) in [4.78, 5) is 22.1. The third-order valence-corrected chi connectivity index (χ3v) is 5.99. The average Bonchev–Trinajstić information content (AvgIpc) is 3.19. The molecule has 170 valence electrons. The first-order chi connectivity index (χ1) is 15.3. The molecule has 10 heteroatoms. The first-order valence-corrected chi connectivity index (χ1v) is 11.1. The molecule has 6 nitrogen and oxygen atoms in total. The molecule has 0 atom stereocenters. The monoisotopic (exact) mass is 510 g/mol. The second kappa shape index (κ2) is 9.60. The van der Waals surface area contributed by atoms with Gasteiger partial charge in [0.1, 0.15) is 5.82 Å². The Labute approximate surface area is 191 Å². The summed E-state index contributed by atoms with van der Waals surface area (Å²) in [5, 5.41) is 2.92. The molecule has 0 aliphatic carbocycles. The van der Waals surface area contributed by atoms with E-state index in [9.17, 15) is 18.0 Å². The van der Waals surface area contributed by atoms with Crippen LogP contribution >= 0.6 is 15.9 Å². The molecule has 1 saturated heterocycles. The van der Waals surface area contributed by atoms with Gasteiger partial charge in [0.05, 0.1) is 29.8 Å². The summed E-state index contributed by atoms with van der Waals surface area (Å²) in [5.74, 6) is 0.238. The smallest absolute Gasteiger partial charge is 0.379 e. The number of alkyl halides is 3. The summed E-state index contributed by atoms with van der Waals surface area (Å²) in [6.45, 7) is 4.82. The number of carbonyl (C=O) groups excluding carboxylic acids is 1. The number of hydrogen-bond acceptors (Lipinski definition) is 4. The van der Waals surface area contributed by atoms with Gasteiger partial charge in [0.15, 0.2) is 0 Å². The predicted molar refractivity (Wildman–Crippen MR) is 118 cm³/mol. The van der Waals surface area contributed by atoms with Crippen molar-refractivity contribution in [3.8, 4) is 11.4 Å². The van der Waals surface area contributed by atoms with Gasteiger partial charge in [0.2, 0.25) is 0 Å². The normalized spacial score (nSPS) is 15.2. The number of ether oxygens (including phenoxy) is 1. The molecule has 1 aromatic heterocycles. The maximum absolute atomic E-state index is 12.9. The van der Waals surface area contributed by atoms with Gasteiger partial charge in [-0.25, -0.2) is 4.98 Å². The number of morpholine rings is 1. The molecule has 2 N–H and O–H groups in total. The second-order valence-corrected chi connectivity index (χ2v) is 8.43. The fraction of sp³-hybridized carbons (Fsp3) is 0.364. The number of amides is 1. The summed E-state index contributed by atoms with van der Waals surface area (Å²) in [5.41, 5.74) is 1.13. The predicted octanol–water partition coefficient (Wildman–Crippen LogP) is 4.46. The number of rotatable bonds is 6. The standard InChI is InChI=1S/C22H22BrF3N4O2/c23-17-12-14(21(31)27-6-1-7-30-8-10-32-11-9-30)2-4-16(17)20-28-18-5-3-15(22(24,25)26)13-19(18)29-20/h2-5,12-13H,1,6-11H2,(H,27,31)(H,28,29). The van der Waals surface area contributed by atoms with Crippen molar-refractivity contribution in [2.24, 2.45) is 0 Å². The number of carbonyl (C=O) groups is 1. The zero-order valence-electron chi connectivity index (χ0n) is 17.1. The van der Waals surface area contributed by atoms with E-state index < -0.39 is 11.7 Å². The van der Waals surface area contributed by atoms with Crippen LogP contribution in [-0.4, -0.2) is 60.2 Å². The first kappa shape index (κ1) is 22.8. The van der Waals surface area contributed by atoms with E-state index in [1.165, 1.54) is 6.07 Å². The lowest BCUT2D eigenvalue weighted by Crippen LogP contribution is -2.38. The molecular weight excluding hydrogens is 489 g/mol. The number of nitrogens with one attached hydrogen (secondary N) is 2. The zero-order chi connectivity index (χ0) is 22.7. The van der Waals surface area contributed by atoms with Gasteiger partial charge in [-0.3, -0.25) is 9.69 Å². The van der Waals surface area contributed by atoms with Crippen LogP contribution in [0.2, 0.25) is 0 Å². The second-order valence-electron chi connectivity index (χ2n) is 7.57. The van der Waals surface area contributed by atoms with Gasteiger partial charge in [-0.05, 0) is 49.4 Å². The molecule has 4 rings (SSSR count). The highest BCUT2D eigenvalue weighted by molar-refractivity contribution is 9.10. The third kappa shape index (κ3) is 5.31. The molecule has 0 bridgehead atoms. The Hall–Kier alpha value is -2.43. The van der Waals surface area contributed by atoms with Crippen molar-refractivity contribution in [3.63, 3.8) is 0 Å². The van der Waals surface area contributed by atoms with E-state index in [0.29, 0.717) is 39.0 Å². The topological polar surface area (TPSA) is 70.2 Å². The molecule has 0 radical (unpaired) electrons. The van der Waals surface area contributed by atoms with Crippen LogP contribution in [0.1, 0.15) is 22.3 Å². The maximum atomic E-state index is 12.9. The van der Waals surface area contributed by atoms with E-state index >= 15 is 0 Å². The molecule has 1 amide bonds. The van der Waals surface area contributed by atoms with Crippen molar-refractivity contribution < 1.29 is 22.7 Å². The molecule has 32 heavy (non-hydrogen) atoms. The molecule has 0 spiro atoms. The summed E-state index contributed by atoms with van der Waals surface area (Å²) in [7, 11) is 0. The van der Waals surface area contributed by atoms with Crippen molar-refractivity contribution in [3.05, 3.63) is 52.0 Å². The van der Waals surface area contributed by atoms with Crippen molar-refractivity contribution >= 4 is 32.9 Å². The minimum absolute atomic E-state index is 0.182. The molecule has 0 saturated carbocycles. The van der Waals surface area contributed by atoms with E-state index in [1.54, 1.807) is 18.2 Å². The lowest BCUT2D eigenvalue weighted by atomic mass is 10.1. The van der Waals surface area contributed by atoms with Gasteiger partial charge in [-0.1, -0.05) is 15.9 Å². The quantitative estimate of drug-likeness (QED) is 0.480. The van der Waals surface area contributed by atoms with Crippen molar-refractivity contribution in [1.82, 2.24) is 20.2 Å². The summed E-state index contributed by atoms with van der Waals surface area (Å²) >= 11 is 3.45. The molecule has 1 fully saturated rings. The number of nitrogens with zero attached hydrogens (tertiary/aromatic N) is 2. The van der Waals surface area contributed by atoms with E-state index in [1.807, 2.05) is 0 Å². The number of hydrogen-bond donors (Lipinski definition) is 2. The minimum Gasteiger partial charge on any atom is -0.379 e. The Morgan fingerprint density at radius 3 is 2.69 bits per heavy atom. The molecule has 2 heterocycles. The van der Waals surface area contributed by atoms with Crippen LogP contribution in [0, 0.1) is 0 Å². The molecule has 1 aliphatic heterocycles. The van der Waals surface area contributed by atoms with Crippen LogP contribution in [0.3, 0.4) is 0 Å². The Morgan fingerprint density at radius 1 is 1.19 bits per heavy atom. The lowest BCUT2D eigenvalue weighted by molar-refractivity contribution is -0.137. The molecule has 2 aromatic carbocycles. The zero-order valence-corrected chi connectivity index (χ0v) is 18.7.